The minimum atomic E-state index is -3.09. The minimum Gasteiger partial charge on any atom is -0.370 e. The van der Waals surface area contributed by atoms with Gasteiger partial charge in [0, 0.05) is 25.6 Å². The van der Waals surface area contributed by atoms with Gasteiger partial charge in [0.15, 0.2) is 0 Å². The molecule has 176 valence electrons. The molecule has 0 saturated carbocycles. The Bertz CT molecular complexity index is 608. The lowest BCUT2D eigenvalue weighted by molar-refractivity contribution is -0.129. The van der Waals surface area contributed by atoms with Gasteiger partial charge in [0.25, 0.3) is 0 Å². The summed E-state index contributed by atoms with van der Waals surface area (Å²) in [6.07, 6.45) is 12.2. The van der Waals surface area contributed by atoms with Crippen molar-refractivity contribution in [3.63, 3.8) is 0 Å². The summed E-state index contributed by atoms with van der Waals surface area (Å²) < 4.78 is 22.3. The van der Waals surface area contributed by atoms with Crippen LogP contribution in [0.5, 0.6) is 0 Å². The van der Waals surface area contributed by atoms with Crippen molar-refractivity contribution in [2.24, 2.45) is 5.73 Å². The monoisotopic (exact) mass is 447 g/mol. The van der Waals surface area contributed by atoms with Crippen LogP contribution in [0, 0.1) is 0 Å². The third-order valence-electron chi connectivity index (χ3n) is 4.83. The first-order valence-corrected chi connectivity index (χ1v) is 13.2. The van der Waals surface area contributed by atoms with E-state index in [1.165, 1.54) is 38.5 Å². The molecular formula is C21H41N3O5S. The highest BCUT2D eigenvalue weighted by Gasteiger charge is 2.21. The molecule has 0 aromatic rings. The molecule has 3 amide bonds. The number of hydrogen-bond acceptors (Lipinski definition) is 5. The quantitative estimate of drug-likeness (QED) is 0.261. The van der Waals surface area contributed by atoms with E-state index in [1.807, 2.05) is 0 Å². The van der Waals surface area contributed by atoms with Crippen LogP contribution in [0.15, 0.2) is 0 Å². The van der Waals surface area contributed by atoms with Crippen LogP contribution < -0.4 is 16.4 Å². The largest absolute Gasteiger partial charge is 0.370 e. The van der Waals surface area contributed by atoms with Gasteiger partial charge in [-0.3, -0.25) is 14.4 Å². The molecular weight excluding hydrogens is 406 g/mol. The van der Waals surface area contributed by atoms with E-state index in [9.17, 15) is 22.8 Å². The summed E-state index contributed by atoms with van der Waals surface area (Å²) in [6.45, 7) is 2.39. The zero-order valence-electron chi connectivity index (χ0n) is 18.7. The van der Waals surface area contributed by atoms with Gasteiger partial charge in [-0.05, 0) is 19.3 Å². The molecule has 0 aliphatic rings. The molecule has 0 bridgehead atoms. The van der Waals surface area contributed by atoms with Crippen molar-refractivity contribution < 1.29 is 22.8 Å². The van der Waals surface area contributed by atoms with Crippen LogP contribution in [-0.2, 0) is 24.2 Å². The summed E-state index contributed by atoms with van der Waals surface area (Å²) in [5.74, 6) is -1.22. The Labute approximate surface area is 182 Å². The molecule has 0 saturated heterocycles. The van der Waals surface area contributed by atoms with E-state index in [0.29, 0.717) is 12.8 Å². The molecule has 0 unspecified atom stereocenters. The number of amides is 3. The Morgan fingerprint density at radius 2 is 1.43 bits per heavy atom. The van der Waals surface area contributed by atoms with Gasteiger partial charge in [0.2, 0.25) is 17.7 Å². The maximum atomic E-state index is 12.3. The van der Waals surface area contributed by atoms with E-state index < -0.39 is 27.7 Å². The van der Waals surface area contributed by atoms with Crippen LogP contribution >= 0.6 is 0 Å². The van der Waals surface area contributed by atoms with Crippen molar-refractivity contribution >= 4 is 27.6 Å². The van der Waals surface area contributed by atoms with Crippen molar-refractivity contribution in [1.82, 2.24) is 10.6 Å². The van der Waals surface area contributed by atoms with Crippen LogP contribution in [0.3, 0.4) is 0 Å². The first kappa shape index (κ1) is 28.4. The summed E-state index contributed by atoms with van der Waals surface area (Å²) in [6, 6.07) is -0.846. The molecule has 30 heavy (non-hydrogen) atoms. The smallest absolute Gasteiger partial charge is 0.242 e. The molecule has 0 fully saturated rings. The minimum absolute atomic E-state index is 0.0141. The fraction of sp³-hybridized carbons (Fsp3) is 0.857. The van der Waals surface area contributed by atoms with Gasteiger partial charge in [0.1, 0.15) is 15.9 Å². The van der Waals surface area contributed by atoms with E-state index in [-0.39, 0.29) is 31.0 Å². The van der Waals surface area contributed by atoms with Gasteiger partial charge in [-0.1, -0.05) is 58.3 Å². The number of rotatable bonds is 19. The molecule has 9 heteroatoms. The van der Waals surface area contributed by atoms with Crippen LogP contribution in [0.25, 0.3) is 0 Å². The van der Waals surface area contributed by atoms with Gasteiger partial charge in [-0.2, -0.15) is 0 Å². The maximum Gasteiger partial charge on any atom is 0.242 e. The second-order valence-corrected chi connectivity index (χ2v) is 10.2. The number of carbonyl (C=O) groups is 3. The summed E-state index contributed by atoms with van der Waals surface area (Å²) in [7, 11) is -3.09. The third-order valence-corrected chi connectivity index (χ3v) is 5.86. The third kappa shape index (κ3) is 18.4. The Kier molecular flexibility index (Phi) is 16.1. The van der Waals surface area contributed by atoms with Gasteiger partial charge in [0.05, 0.1) is 5.75 Å². The van der Waals surface area contributed by atoms with Crippen molar-refractivity contribution in [2.45, 2.75) is 96.4 Å². The second kappa shape index (κ2) is 17.1. The fourth-order valence-corrected chi connectivity index (χ4v) is 3.76. The summed E-state index contributed by atoms with van der Waals surface area (Å²) in [5, 5.41) is 5.30. The van der Waals surface area contributed by atoms with E-state index >= 15 is 0 Å². The van der Waals surface area contributed by atoms with Crippen molar-refractivity contribution in [3.05, 3.63) is 0 Å². The van der Waals surface area contributed by atoms with Crippen molar-refractivity contribution in [2.75, 3.05) is 18.6 Å². The molecule has 0 spiro atoms. The lowest BCUT2D eigenvalue weighted by atomic mass is 10.1. The molecule has 0 rings (SSSR count). The number of carbonyl (C=O) groups excluding carboxylic acids is 3. The van der Waals surface area contributed by atoms with Gasteiger partial charge < -0.3 is 16.4 Å². The van der Waals surface area contributed by atoms with Gasteiger partial charge >= 0.3 is 0 Å². The van der Waals surface area contributed by atoms with E-state index in [4.69, 9.17) is 5.73 Å². The first-order chi connectivity index (χ1) is 14.2. The van der Waals surface area contributed by atoms with Crippen LogP contribution in [0.1, 0.15) is 90.4 Å². The number of nitrogens with one attached hydrogen (secondary N) is 2. The number of primary amides is 1. The molecule has 0 aromatic carbocycles. The SMILES string of the molecule is CCCCCCCCCCCC(=O)N[C@H](CCC(N)=O)C(=O)NCCCS(C)(=O)=O. The standard InChI is InChI=1S/C21H41N3O5S/c1-3-4-5-6-7-8-9-10-11-13-20(26)24-18(14-15-19(22)25)21(27)23-16-12-17-30(2,28)29/h18H,3-17H2,1-2H3,(H2,22,25)(H,23,27)(H,24,26)/t18-/m1/s1. The van der Waals surface area contributed by atoms with E-state index in [2.05, 4.69) is 17.6 Å². The first-order valence-electron chi connectivity index (χ1n) is 11.2. The Morgan fingerprint density at radius 3 is 1.97 bits per heavy atom. The van der Waals surface area contributed by atoms with E-state index in [0.717, 1.165) is 25.5 Å². The summed E-state index contributed by atoms with van der Waals surface area (Å²) in [4.78, 5) is 35.5. The molecule has 0 aliphatic carbocycles. The Morgan fingerprint density at radius 1 is 0.867 bits per heavy atom. The number of nitrogens with two attached hydrogens (primary N) is 1. The second-order valence-electron chi connectivity index (χ2n) is 7.98. The molecule has 4 N–H and O–H groups in total. The average molecular weight is 448 g/mol. The van der Waals surface area contributed by atoms with Crippen LogP contribution in [0.4, 0.5) is 0 Å². The Hall–Kier alpha value is -1.64. The average Bonchev–Trinajstić information content (AvgIpc) is 2.66. The summed E-state index contributed by atoms with van der Waals surface area (Å²) in [5.41, 5.74) is 5.16. The number of unbranched alkanes of at least 4 members (excludes halogenated alkanes) is 8. The van der Waals surface area contributed by atoms with Gasteiger partial charge in [-0.25, -0.2) is 8.42 Å². The summed E-state index contributed by atoms with van der Waals surface area (Å²) >= 11 is 0. The molecule has 1 atom stereocenters. The van der Waals surface area contributed by atoms with Crippen LogP contribution in [0.2, 0.25) is 0 Å². The highest BCUT2D eigenvalue weighted by Crippen LogP contribution is 2.10. The lowest BCUT2D eigenvalue weighted by Crippen LogP contribution is -2.47. The van der Waals surface area contributed by atoms with Crippen molar-refractivity contribution in [1.29, 1.82) is 0 Å². The highest BCUT2D eigenvalue weighted by atomic mass is 32.2. The molecule has 0 aromatic heterocycles. The van der Waals surface area contributed by atoms with E-state index in [1.54, 1.807) is 0 Å². The Balaban J connectivity index is 4.18. The molecule has 0 radical (unpaired) electrons. The molecule has 0 aliphatic heterocycles. The maximum absolute atomic E-state index is 12.3. The molecule has 8 nitrogen and oxygen atoms in total. The van der Waals surface area contributed by atoms with Gasteiger partial charge in [-0.15, -0.1) is 0 Å². The van der Waals surface area contributed by atoms with Crippen LogP contribution in [-0.4, -0.2) is 50.7 Å². The van der Waals surface area contributed by atoms with Crippen molar-refractivity contribution in [3.8, 4) is 0 Å². The number of sulfone groups is 1. The zero-order valence-corrected chi connectivity index (χ0v) is 19.5. The number of hydrogen-bond donors (Lipinski definition) is 3. The predicted molar refractivity (Wildman–Crippen MR) is 120 cm³/mol. The predicted octanol–water partition coefficient (Wildman–Crippen LogP) is 2.21. The highest BCUT2D eigenvalue weighted by molar-refractivity contribution is 7.90. The topological polar surface area (TPSA) is 135 Å². The lowest BCUT2D eigenvalue weighted by Gasteiger charge is -2.18. The zero-order chi connectivity index (χ0) is 22.8. The molecule has 0 heterocycles. The normalized spacial score (nSPS) is 12.3. The fourth-order valence-electron chi connectivity index (χ4n) is 3.09.